The van der Waals surface area contributed by atoms with Crippen LogP contribution in [0.3, 0.4) is 0 Å². The van der Waals surface area contributed by atoms with Crippen LogP contribution in [0, 0.1) is 12.8 Å². The van der Waals surface area contributed by atoms with E-state index in [4.69, 9.17) is 11.6 Å². The summed E-state index contributed by atoms with van der Waals surface area (Å²) in [5.41, 5.74) is 2.47. The number of aryl methyl sites for hydroxylation is 1. The van der Waals surface area contributed by atoms with Gasteiger partial charge in [0.15, 0.2) is 0 Å². The molecule has 0 bridgehead atoms. The van der Waals surface area contributed by atoms with Crippen molar-refractivity contribution in [1.29, 1.82) is 0 Å². The fourth-order valence-electron chi connectivity index (χ4n) is 1.24. The molecule has 1 heterocycles. The van der Waals surface area contributed by atoms with E-state index >= 15 is 0 Å². The Morgan fingerprint density at radius 1 is 1.36 bits per heavy atom. The molecule has 0 aliphatic heterocycles. The molecule has 0 aliphatic rings. The SMILES string of the molecule is Cc1cc(C(C)(C)C(C)C)cnc1Cl. The summed E-state index contributed by atoms with van der Waals surface area (Å²) in [5.74, 6) is 0.588. The van der Waals surface area contributed by atoms with E-state index in [-0.39, 0.29) is 5.41 Å². The average Bonchev–Trinajstić information content (AvgIpc) is 2.09. The maximum absolute atomic E-state index is 5.90. The van der Waals surface area contributed by atoms with E-state index in [0.717, 1.165) is 5.56 Å². The largest absolute Gasteiger partial charge is 0.244 e. The summed E-state index contributed by atoms with van der Waals surface area (Å²) in [6.07, 6.45) is 1.88. The summed E-state index contributed by atoms with van der Waals surface area (Å²) in [7, 11) is 0. The van der Waals surface area contributed by atoms with Crippen LogP contribution in [0.1, 0.15) is 38.8 Å². The van der Waals surface area contributed by atoms with Gasteiger partial charge in [0.1, 0.15) is 5.15 Å². The molecule has 0 saturated carbocycles. The van der Waals surface area contributed by atoms with Crippen LogP contribution < -0.4 is 0 Å². The molecule has 1 rings (SSSR count). The highest BCUT2D eigenvalue weighted by molar-refractivity contribution is 6.30. The molecule has 2 heteroatoms. The summed E-state index contributed by atoms with van der Waals surface area (Å²) in [6.45, 7) is 10.9. The molecule has 0 aliphatic carbocycles. The molecule has 14 heavy (non-hydrogen) atoms. The Hall–Kier alpha value is -0.560. The molecule has 0 fully saturated rings. The third kappa shape index (κ3) is 2.09. The molecule has 0 spiro atoms. The highest BCUT2D eigenvalue weighted by atomic mass is 35.5. The van der Waals surface area contributed by atoms with Crippen LogP contribution in [0.4, 0.5) is 0 Å². The number of rotatable bonds is 2. The molecule has 0 N–H and O–H groups in total. The van der Waals surface area contributed by atoms with Crippen LogP contribution >= 0.6 is 11.6 Å². The highest BCUT2D eigenvalue weighted by Crippen LogP contribution is 2.32. The lowest BCUT2D eigenvalue weighted by Crippen LogP contribution is -2.24. The monoisotopic (exact) mass is 211 g/mol. The van der Waals surface area contributed by atoms with Gasteiger partial charge in [-0.15, -0.1) is 0 Å². The summed E-state index contributed by atoms with van der Waals surface area (Å²) >= 11 is 5.90. The zero-order valence-corrected chi connectivity index (χ0v) is 10.3. The Balaban J connectivity index is 3.14. The fourth-order valence-corrected chi connectivity index (χ4v) is 1.35. The van der Waals surface area contributed by atoms with Gasteiger partial charge < -0.3 is 0 Å². The van der Waals surface area contributed by atoms with Crippen molar-refractivity contribution in [2.75, 3.05) is 0 Å². The summed E-state index contributed by atoms with van der Waals surface area (Å²) in [6, 6.07) is 2.13. The Morgan fingerprint density at radius 3 is 2.36 bits per heavy atom. The molecule has 78 valence electrons. The molecule has 0 unspecified atom stereocenters. The minimum Gasteiger partial charge on any atom is -0.244 e. The van der Waals surface area contributed by atoms with Crippen molar-refractivity contribution < 1.29 is 0 Å². The second-order valence-electron chi connectivity index (χ2n) is 4.71. The van der Waals surface area contributed by atoms with E-state index in [0.29, 0.717) is 11.1 Å². The first-order valence-electron chi connectivity index (χ1n) is 4.98. The average molecular weight is 212 g/mol. The van der Waals surface area contributed by atoms with E-state index in [1.807, 2.05) is 13.1 Å². The smallest absolute Gasteiger partial charge is 0.131 e. The standard InChI is InChI=1S/C12H18ClN/c1-8(2)12(4,5)10-6-9(3)11(13)14-7-10/h6-8H,1-5H3. The van der Waals surface area contributed by atoms with E-state index in [1.165, 1.54) is 5.56 Å². The van der Waals surface area contributed by atoms with Gasteiger partial charge in [-0.05, 0) is 29.4 Å². The van der Waals surface area contributed by atoms with Crippen LogP contribution in [-0.2, 0) is 5.41 Å². The molecule has 1 aromatic heterocycles. The van der Waals surface area contributed by atoms with Gasteiger partial charge in [0, 0.05) is 6.20 Å². The van der Waals surface area contributed by atoms with E-state index in [1.54, 1.807) is 0 Å². The maximum Gasteiger partial charge on any atom is 0.131 e. The molecular formula is C12H18ClN. The van der Waals surface area contributed by atoms with Crippen molar-refractivity contribution in [1.82, 2.24) is 4.98 Å². The van der Waals surface area contributed by atoms with Gasteiger partial charge >= 0.3 is 0 Å². The predicted octanol–water partition coefficient (Wildman–Crippen LogP) is 3.98. The zero-order valence-electron chi connectivity index (χ0n) is 9.56. The molecule has 0 saturated heterocycles. The van der Waals surface area contributed by atoms with Crippen molar-refractivity contribution >= 4 is 11.6 Å². The van der Waals surface area contributed by atoms with Crippen LogP contribution in [0.25, 0.3) is 0 Å². The Labute approximate surface area is 91.5 Å². The third-order valence-electron chi connectivity index (χ3n) is 3.20. The molecule has 1 aromatic rings. The zero-order chi connectivity index (χ0) is 10.9. The lowest BCUT2D eigenvalue weighted by atomic mass is 9.75. The van der Waals surface area contributed by atoms with Crippen molar-refractivity contribution in [3.05, 3.63) is 28.5 Å². The highest BCUT2D eigenvalue weighted by Gasteiger charge is 2.25. The van der Waals surface area contributed by atoms with Gasteiger partial charge in [-0.25, -0.2) is 4.98 Å². The van der Waals surface area contributed by atoms with Gasteiger partial charge in [-0.1, -0.05) is 45.4 Å². The van der Waals surface area contributed by atoms with Crippen LogP contribution in [0.2, 0.25) is 5.15 Å². The van der Waals surface area contributed by atoms with Crippen LogP contribution in [0.15, 0.2) is 12.3 Å². The van der Waals surface area contributed by atoms with Crippen molar-refractivity contribution in [2.24, 2.45) is 5.92 Å². The van der Waals surface area contributed by atoms with Gasteiger partial charge in [0.05, 0.1) is 0 Å². The Morgan fingerprint density at radius 2 is 1.93 bits per heavy atom. The maximum atomic E-state index is 5.90. The number of halogens is 1. The van der Waals surface area contributed by atoms with E-state index < -0.39 is 0 Å². The minimum atomic E-state index is 0.155. The summed E-state index contributed by atoms with van der Waals surface area (Å²) in [5, 5.41) is 0.605. The van der Waals surface area contributed by atoms with Crippen LogP contribution in [0.5, 0.6) is 0 Å². The topological polar surface area (TPSA) is 12.9 Å². The fraction of sp³-hybridized carbons (Fsp3) is 0.583. The van der Waals surface area contributed by atoms with Crippen LogP contribution in [-0.4, -0.2) is 4.98 Å². The van der Waals surface area contributed by atoms with Gasteiger partial charge in [0.25, 0.3) is 0 Å². The minimum absolute atomic E-state index is 0.155. The Bertz CT molecular complexity index is 329. The first kappa shape index (κ1) is 11.5. The summed E-state index contributed by atoms with van der Waals surface area (Å²) < 4.78 is 0. The van der Waals surface area contributed by atoms with Crippen molar-refractivity contribution in [3.63, 3.8) is 0 Å². The van der Waals surface area contributed by atoms with E-state index in [9.17, 15) is 0 Å². The number of aromatic nitrogens is 1. The number of hydrogen-bond donors (Lipinski definition) is 0. The van der Waals surface area contributed by atoms with Crippen molar-refractivity contribution in [2.45, 2.75) is 40.0 Å². The van der Waals surface area contributed by atoms with Gasteiger partial charge in [-0.3, -0.25) is 0 Å². The van der Waals surface area contributed by atoms with Gasteiger partial charge in [0.2, 0.25) is 0 Å². The molecular weight excluding hydrogens is 194 g/mol. The number of nitrogens with zero attached hydrogens (tertiary/aromatic N) is 1. The quantitative estimate of drug-likeness (QED) is 0.675. The Kier molecular flexibility index (Phi) is 3.20. The molecule has 0 atom stereocenters. The molecule has 1 nitrogen and oxygen atoms in total. The molecule has 0 aromatic carbocycles. The summed E-state index contributed by atoms with van der Waals surface area (Å²) in [4.78, 5) is 4.19. The normalized spacial score (nSPS) is 12.2. The second kappa shape index (κ2) is 3.90. The number of pyridine rings is 1. The lowest BCUT2D eigenvalue weighted by molar-refractivity contribution is 0.371. The molecule has 0 radical (unpaired) electrons. The first-order valence-corrected chi connectivity index (χ1v) is 5.36. The van der Waals surface area contributed by atoms with Crippen molar-refractivity contribution in [3.8, 4) is 0 Å². The third-order valence-corrected chi connectivity index (χ3v) is 3.60. The van der Waals surface area contributed by atoms with E-state index in [2.05, 4.69) is 38.7 Å². The second-order valence-corrected chi connectivity index (χ2v) is 5.07. The molecule has 0 amide bonds. The first-order chi connectivity index (χ1) is 6.35. The van der Waals surface area contributed by atoms with Gasteiger partial charge in [-0.2, -0.15) is 0 Å². The lowest BCUT2D eigenvalue weighted by Gasteiger charge is -2.29. The number of hydrogen-bond acceptors (Lipinski definition) is 1. The predicted molar refractivity (Wildman–Crippen MR) is 61.8 cm³/mol.